The summed E-state index contributed by atoms with van der Waals surface area (Å²) in [6, 6.07) is 13.9. The van der Waals surface area contributed by atoms with Crippen molar-refractivity contribution in [2.24, 2.45) is 5.10 Å². The zero-order valence-corrected chi connectivity index (χ0v) is 13.8. The molecule has 0 atom stereocenters. The SMILES string of the molecule is CC(C)c1ccc(/C=N\n2c(-c3ccccn3)n[nH]c2=S)cc1. The van der Waals surface area contributed by atoms with Gasteiger partial charge in [-0.25, -0.2) is 5.10 Å². The minimum Gasteiger partial charge on any atom is -0.253 e. The van der Waals surface area contributed by atoms with Crippen LogP contribution >= 0.6 is 12.2 Å². The molecule has 0 saturated carbocycles. The molecule has 1 N–H and O–H groups in total. The van der Waals surface area contributed by atoms with Crippen molar-refractivity contribution in [1.82, 2.24) is 19.9 Å². The standard InChI is InChI=1S/C17H17N5S/c1-12(2)14-8-6-13(7-9-14)11-19-22-16(20-21-17(22)23)15-5-3-4-10-18-15/h3-12H,1-2H3,(H,21,23)/b19-11-. The first kappa shape index (κ1) is 15.3. The minimum atomic E-state index is 0.431. The van der Waals surface area contributed by atoms with Crippen molar-refractivity contribution in [3.8, 4) is 11.5 Å². The molecule has 0 amide bonds. The zero-order valence-electron chi connectivity index (χ0n) is 13.0. The van der Waals surface area contributed by atoms with Crippen LogP contribution in [-0.2, 0) is 0 Å². The lowest BCUT2D eigenvalue weighted by atomic mass is 10.0. The molecular weight excluding hydrogens is 306 g/mol. The summed E-state index contributed by atoms with van der Waals surface area (Å²) in [4.78, 5) is 4.29. The lowest BCUT2D eigenvalue weighted by Crippen LogP contribution is -1.96. The topological polar surface area (TPSA) is 58.9 Å². The van der Waals surface area contributed by atoms with Gasteiger partial charge in [-0.05, 0) is 41.4 Å². The molecule has 0 bridgehead atoms. The van der Waals surface area contributed by atoms with E-state index in [4.69, 9.17) is 12.2 Å². The van der Waals surface area contributed by atoms with Crippen LogP contribution in [0.15, 0.2) is 53.8 Å². The summed E-state index contributed by atoms with van der Waals surface area (Å²) >= 11 is 5.25. The van der Waals surface area contributed by atoms with Crippen LogP contribution in [0.1, 0.15) is 30.9 Å². The van der Waals surface area contributed by atoms with E-state index in [-0.39, 0.29) is 0 Å². The Morgan fingerprint density at radius 2 is 1.96 bits per heavy atom. The molecule has 0 aliphatic heterocycles. The zero-order chi connectivity index (χ0) is 16.2. The molecule has 0 spiro atoms. The molecule has 3 rings (SSSR count). The largest absolute Gasteiger partial charge is 0.253 e. The Hall–Kier alpha value is -2.60. The third-order valence-corrected chi connectivity index (χ3v) is 3.73. The normalized spacial score (nSPS) is 11.4. The van der Waals surface area contributed by atoms with Gasteiger partial charge in [-0.1, -0.05) is 44.2 Å². The monoisotopic (exact) mass is 323 g/mol. The smallest absolute Gasteiger partial charge is 0.216 e. The number of pyridine rings is 1. The number of aromatic amines is 1. The number of benzene rings is 1. The van der Waals surface area contributed by atoms with Crippen LogP contribution in [0.2, 0.25) is 0 Å². The Kier molecular flexibility index (Phi) is 4.43. The Labute approximate surface area is 139 Å². The number of rotatable bonds is 4. The van der Waals surface area contributed by atoms with Gasteiger partial charge in [0.05, 0.1) is 6.21 Å². The third kappa shape index (κ3) is 3.43. The summed E-state index contributed by atoms with van der Waals surface area (Å²) in [6.07, 6.45) is 3.48. The van der Waals surface area contributed by atoms with Gasteiger partial charge in [0.1, 0.15) is 5.69 Å². The maximum atomic E-state index is 5.25. The maximum Gasteiger partial charge on any atom is 0.216 e. The quantitative estimate of drug-likeness (QED) is 0.583. The van der Waals surface area contributed by atoms with Crippen LogP contribution in [0, 0.1) is 4.77 Å². The fraction of sp³-hybridized carbons (Fsp3) is 0.176. The molecule has 23 heavy (non-hydrogen) atoms. The second-order valence-corrected chi connectivity index (χ2v) is 5.83. The van der Waals surface area contributed by atoms with E-state index in [0.29, 0.717) is 22.2 Å². The molecule has 1 aromatic carbocycles. The van der Waals surface area contributed by atoms with Gasteiger partial charge < -0.3 is 0 Å². The van der Waals surface area contributed by atoms with Gasteiger partial charge in [0, 0.05) is 6.20 Å². The fourth-order valence-corrected chi connectivity index (χ4v) is 2.33. The summed E-state index contributed by atoms with van der Waals surface area (Å²) in [6.45, 7) is 4.35. The molecule has 6 heteroatoms. The highest BCUT2D eigenvalue weighted by atomic mass is 32.1. The summed E-state index contributed by atoms with van der Waals surface area (Å²) in [5.41, 5.74) is 3.02. The first-order chi connectivity index (χ1) is 11.1. The highest BCUT2D eigenvalue weighted by Crippen LogP contribution is 2.15. The van der Waals surface area contributed by atoms with Crippen LogP contribution in [0.5, 0.6) is 0 Å². The summed E-state index contributed by atoms with van der Waals surface area (Å²) < 4.78 is 2.01. The molecule has 2 aromatic heterocycles. The van der Waals surface area contributed by atoms with Crippen molar-refractivity contribution in [3.63, 3.8) is 0 Å². The van der Waals surface area contributed by atoms with Gasteiger partial charge in [-0.15, -0.1) is 0 Å². The van der Waals surface area contributed by atoms with E-state index in [9.17, 15) is 0 Å². The molecule has 0 aliphatic rings. The lowest BCUT2D eigenvalue weighted by molar-refractivity contribution is 0.864. The van der Waals surface area contributed by atoms with E-state index < -0.39 is 0 Å². The Morgan fingerprint density at radius 1 is 1.17 bits per heavy atom. The van der Waals surface area contributed by atoms with Crippen molar-refractivity contribution in [1.29, 1.82) is 0 Å². The average Bonchev–Trinajstić information content (AvgIpc) is 2.95. The van der Waals surface area contributed by atoms with Gasteiger partial charge in [0.15, 0.2) is 0 Å². The van der Waals surface area contributed by atoms with E-state index in [1.54, 1.807) is 17.1 Å². The van der Waals surface area contributed by atoms with Crippen LogP contribution in [0.4, 0.5) is 0 Å². The van der Waals surface area contributed by atoms with Gasteiger partial charge in [-0.3, -0.25) is 4.98 Å². The highest BCUT2D eigenvalue weighted by Gasteiger charge is 2.08. The predicted octanol–water partition coefficient (Wildman–Crippen LogP) is 4.01. The van der Waals surface area contributed by atoms with Crippen LogP contribution < -0.4 is 0 Å². The molecule has 0 saturated heterocycles. The van der Waals surface area contributed by atoms with Crippen molar-refractivity contribution >= 4 is 18.4 Å². The molecular formula is C17H17N5S. The molecule has 0 fully saturated rings. The van der Waals surface area contributed by atoms with Crippen molar-refractivity contribution < 1.29 is 0 Å². The predicted molar refractivity (Wildman–Crippen MR) is 94.2 cm³/mol. The first-order valence-corrected chi connectivity index (χ1v) is 7.79. The maximum absolute atomic E-state index is 5.25. The highest BCUT2D eigenvalue weighted by molar-refractivity contribution is 7.71. The Balaban J connectivity index is 1.91. The molecule has 3 aromatic rings. The van der Waals surface area contributed by atoms with E-state index >= 15 is 0 Å². The average molecular weight is 323 g/mol. The molecule has 5 nitrogen and oxygen atoms in total. The van der Waals surface area contributed by atoms with Gasteiger partial charge in [0.25, 0.3) is 0 Å². The van der Waals surface area contributed by atoms with Crippen molar-refractivity contribution in [2.75, 3.05) is 0 Å². The Morgan fingerprint density at radius 3 is 2.61 bits per heavy atom. The van der Waals surface area contributed by atoms with Crippen LogP contribution in [-0.4, -0.2) is 26.1 Å². The molecule has 2 heterocycles. The molecule has 0 radical (unpaired) electrons. The van der Waals surface area contributed by atoms with Crippen LogP contribution in [0.25, 0.3) is 11.5 Å². The lowest BCUT2D eigenvalue weighted by Gasteiger charge is -2.04. The van der Waals surface area contributed by atoms with E-state index in [2.05, 4.69) is 46.3 Å². The number of nitrogens with one attached hydrogen (secondary N) is 1. The van der Waals surface area contributed by atoms with E-state index in [0.717, 1.165) is 5.56 Å². The molecule has 0 aliphatic carbocycles. The summed E-state index contributed by atoms with van der Waals surface area (Å²) in [7, 11) is 0. The third-order valence-electron chi connectivity index (χ3n) is 3.47. The second kappa shape index (κ2) is 6.66. The number of nitrogens with zero attached hydrogens (tertiary/aromatic N) is 4. The minimum absolute atomic E-state index is 0.431. The van der Waals surface area contributed by atoms with E-state index in [1.807, 2.05) is 30.3 Å². The first-order valence-electron chi connectivity index (χ1n) is 7.38. The number of hydrogen-bond acceptors (Lipinski definition) is 4. The Bertz CT molecular complexity index is 860. The summed E-state index contributed by atoms with van der Waals surface area (Å²) in [5.74, 6) is 1.10. The summed E-state index contributed by atoms with van der Waals surface area (Å²) in [5, 5.41) is 11.4. The molecule has 116 valence electrons. The van der Waals surface area contributed by atoms with Gasteiger partial charge >= 0.3 is 0 Å². The number of H-pyrrole nitrogens is 1. The fourth-order valence-electron chi connectivity index (χ4n) is 2.15. The second-order valence-electron chi connectivity index (χ2n) is 5.45. The van der Waals surface area contributed by atoms with Crippen LogP contribution in [0.3, 0.4) is 0 Å². The molecule has 0 unspecified atom stereocenters. The van der Waals surface area contributed by atoms with Gasteiger partial charge in [-0.2, -0.15) is 14.9 Å². The van der Waals surface area contributed by atoms with E-state index in [1.165, 1.54) is 5.56 Å². The number of aromatic nitrogens is 4. The number of hydrogen-bond donors (Lipinski definition) is 1. The van der Waals surface area contributed by atoms with Gasteiger partial charge in [0.2, 0.25) is 10.6 Å². The van der Waals surface area contributed by atoms with Crippen molar-refractivity contribution in [2.45, 2.75) is 19.8 Å². The van der Waals surface area contributed by atoms with Crippen molar-refractivity contribution in [3.05, 3.63) is 64.6 Å².